The summed E-state index contributed by atoms with van der Waals surface area (Å²) in [6.45, 7) is 0. The van der Waals surface area contributed by atoms with Crippen molar-refractivity contribution in [3.63, 3.8) is 0 Å². The Bertz CT molecular complexity index is 463. The molecule has 7 heteroatoms. The highest BCUT2D eigenvalue weighted by Crippen LogP contribution is 2.30. The van der Waals surface area contributed by atoms with Crippen molar-refractivity contribution in [2.75, 3.05) is 0 Å². The highest BCUT2D eigenvalue weighted by Gasteiger charge is 2.26. The molecule has 1 aromatic rings. The molecule has 0 bridgehead atoms. The van der Waals surface area contributed by atoms with E-state index in [0.29, 0.717) is 11.3 Å². The Labute approximate surface area is 99.3 Å². The van der Waals surface area contributed by atoms with Gasteiger partial charge in [0.1, 0.15) is 11.9 Å². The predicted molar refractivity (Wildman–Crippen MR) is 58.8 cm³/mol. The Morgan fingerprint density at radius 2 is 2.31 bits per heavy atom. The Balaban J connectivity index is 2.39. The summed E-state index contributed by atoms with van der Waals surface area (Å²) in [5.74, 6) is 0.394. The lowest BCUT2D eigenvalue weighted by Gasteiger charge is -2.26. The van der Waals surface area contributed by atoms with Crippen molar-refractivity contribution in [2.45, 2.75) is 6.17 Å². The summed E-state index contributed by atoms with van der Waals surface area (Å²) in [5, 5.41) is 4.84. The van der Waals surface area contributed by atoms with Crippen LogP contribution in [0.4, 0.5) is 9.59 Å². The first kappa shape index (κ1) is 10.7. The minimum Gasteiger partial charge on any atom is -0.410 e. The average Bonchev–Trinajstić information content (AvgIpc) is 2.18. The maximum Gasteiger partial charge on any atom is 0.414 e. The first-order valence-electron chi connectivity index (χ1n) is 4.40. The van der Waals surface area contributed by atoms with E-state index in [0.717, 1.165) is 4.47 Å². The molecule has 84 valence electrons. The van der Waals surface area contributed by atoms with Crippen LogP contribution >= 0.6 is 15.9 Å². The fourth-order valence-electron chi connectivity index (χ4n) is 1.42. The maximum absolute atomic E-state index is 11.2. The minimum absolute atomic E-state index is 0.394. The van der Waals surface area contributed by atoms with Crippen molar-refractivity contribution in [1.82, 2.24) is 10.6 Å². The lowest BCUT2D eigenvalue weighted by molar-refractivity contribution is 0.184. The Morgan fingerprint density at radius 3 is 3.00 bits per heavy atom. The van der Waals surface area contributed by atoms with E-state index >= 15 is 0 Å². The van der Waals surface area contributed by atoms with Gasteiger partial charge in [-0.1, -0.05) is 15.9 Å². The molecule has 0 saturated heterocycles. The number of halogens is 1. The number of urea groups is 1. The molecule has 1 aliphatic heterocycles. The van der Waals surface area contributed by atoms with Crippen molar-refractivity contribution in [3.05, 3.63) is 28.2 Å². The van der Waals surface area contributed by atoms with Gasteiger partial charge in [0.25, 0.3) is 0 Å². The van der Waals surface area contributed by atoms with Gasteiger partial charge in [-0.25, -0.2) is 9.59 Å². The number of carbonyl (C=O) groups is 2. The highest BCUT2D eigenvalue weighted by atomic mass is 79.9. The van der Waals surface area contributed by atoms with Crippen LogP contribution in [0.15, 0.2) is 22.7 Å². The molecule has 3 amide bonds. The number of nitrogens with one attached hydrogen (secondary N) is 2. The van der Waals surface area contributed by atoms with Gasteiger partial charge in [-0.15, -0.1) is 0 Å². The number of benzene rings is 1. The molecule has 1 heterocycles. The van der Waals surface area contributed by atoms with E-state index in [2.05, 4.69) is 26.6 Å². The quantitative estimate of drug-likeness (QED) is 0.724. The van der Waals surface area contributed by atoms with Gasteiger partial charge in [0.2, 0.25) is 0 Å². The molecule has 0 spiro atoms. The number of fused-ring (bicyclic) bond motifs is 1. The van der Waals surface area contributed by atoms with Gasteiger partial charge < -0.3 is 15.8 Å². The Morgan fingerprint density at radius 1 is 1.56 bits per heavy atom. The zero-order valence-corrected chi connectivity index (χ0v) is 9.58. The van der Waals surface area contributed by atoms with Crippen molar-refractivity contribution in [2.24, 2.45) is 5.73 Å². The van der Waals surface area contributed by atoms with Crippen molar-refractivity contribution < 1.29 is 14.3 Å². The van der Waals surface area contributed by atoms with Crippen LogP contribution in [-0.2, 0) is 0 Å². The number of hydrogen-bond acceptors (Lipinski definition) is 3. The minimum atomic E-state index is -0.724. The number of primary amides is 1. The smallest absolute Gasteiger partial charge is 0.410 e. The summed E-state index contributed by atoms with van der Waals surface area (Å²) in [4.78, 5) is 21.9. The predicted octanol–water partition coefficient (Wildman–Crippen LogP) is 1.22. The largest absolute Gasteiger partial charge is 0.414 e. The van der Waals surface area contributed by atoms with Gasteiger partial charge in [-0.3, -0.25) is 5.32 Å². The second-order valence-corrected chi connectivity index (χ2v) is 4.07. The van der Waals surface area contributed by atoms with E-state index in [-0.39, 0.29) is 0 Å². The lowest BCUT2D eigenvalue weighted by Crippen LogP contribution is -2.46. The third-order valence-electron chi connectivity index (χ3n) is 2.03. The van der Waals surface area contributed by atoms with E-state index < -0.39 is 18.3 Å². The first-order chi connectivity index (χ1) is 7.56. The summed E-state index contributed by atoms with van der Waals surface area (Å²) in [6, 6.07) is 4.38. The number of amides is 3. The van der Waals surface area contributed by atoms with E-state index in [1.54, 1.807) is 18.2 Å². The third kappa shape index (κ3) is 2.08. The SMILES string of the molecule is NC(=O)NC1NC(=O)Oc2ccc(Br)cc21. The van der Waals surface area contributed by atoms with Gasteiger partial charge in [0, 0.05) is 10.0 Å². The molecule has 0 aliphatic carbocycles. The normalized spacial score (nSPS) is 18.1. The monoisotopic (exact) mass is 285 g/mol. The summed E-state index contributed by atoms with van der Waals surface area (Å²) in [6.07, 6.45) is -1.31. The van der Waals surface area contributed by atoms with Crippen LogP contribution in [0.1, 0.15) is 11.7 Å². The second-order valence-electron chi connectivity index (χ2n) is 3.16. The van der Waals surface area contributed by atoms with Gasteiger partial charge in [0.05, 0.1) is 0 Å². The molecule has 0 saturated carbocycles. The number of nitrogens with two attached hydrogens (primary N) is 1. The maximum atomic E-state index is 11.2. The van der Waals surface area contributed by atoms with Crippen LogP contribution in [-0.4, -0.2) is 12.1 Å². The Kier molecular flexibility index (Phi) is 2.69. The molecule has 1 aromatic carbocycles. The molecular formula is C9H8BrN3O3. The summed E-state index contributed by atoms with van der Waals surface area (Å²) in [7, 11) is 0. The van der Waals surface area contributed by atoms with E-state index in [4.69, 9.17) is 10.5 Å². The standard InChI is InChI=1S/C9H8BrN3O3/c10-4-1-2-6-5(3-4)7(12-8(11)14)13-9(15)16-6/h1-3,7H,(H,13,15)(H3,11,12,14). The molecule has 16 heavy (non-hydrogen) atoms. The second kappa shape index (κ2) is 4.01. The molecule has 2 rings (SSSR count). The molecule has 4 N–H and O–H groups in total. The number of hydrogen-bond donors (Lipinski definition) is 3. The zero-order valence-electron chi connectivity index (χ0n) is 7.99. The van der Waals surface area contributed by atoms with Crippen LogP contribution in [0, 0.1) is 0 Å². The van der Waals surface area contributed by atoms with E-state index in [1.807, 2.05) is 0 Å². The highest BCUT2D eigenvalue weighted by molar-refractivity contribution is 9.10. The molecule has 1 aliphatic rings. The van der Waals surface area contributed by atoms with Crippen molar-refractivity contribution in [1.29, 1.82) is 0 Å². The molecule has 0 fully saturated rings. The number of ether oxygens (including phenoxy) is 1. The molecule has 1 atom stereocenters. The van der Waals surface area contributed by atoms with Gasteiger partial charge in [-0.05, 0) is 18.2 Å². The third-order valence-corrected chi connectivity index (χ3v) is 2.53. The van der Waals surface area contributed by atoms with E-state index in [1.165, 1.54) is 0 Å². The zero-order chi connectivity index (χ0) is 11.7. The Hall–Kier alpha value is -1.76. The molecular weight excluding hydrogens is 278 g/mol. The summed E-state index contributed by atoms with van der Waals surface area (Å²) >= 11 is 3.29. The molecule has 0 aromatic heterocycles. The fraction of sp³-hybridized carbons (Fsp3) is 0.111. The lowest BCUT2D eigenvalue weighted by atomic mass is 10.1. The van der Waals surface area contributed by atoms with E-state index in [9.17, 15) is 9.59 Å². The van der Waals surface area contributed by atoms with Crippen LogP contribution in [0.2, 0.25) is 0 Å². The summed E-state index contributed by atoms with van der Waals surface area (Å²) in [5.41, 5.74) is 5.64. The van der Waals surface area contributed by atoms with Crippen LogP contribution in [0.3, 0.4) is 0 Å². The molecule has 1 unspecified atom stereocenters. The fourth-order valence-corrected chi connectivity index (χ4v) is 1.80. The average molecular weight is 286 g/mol. The van der Waals surface area contributed by atoms with Gasteiger partial charge in [-0.2, -0.15) is 0 Å². The molecule has 6 nitrogen and oxygen atoms in total. The van der Waals surface area contributed by atoms with Crippen molar-refractivity contribution >= 4 is 28.1 Å². The van der Waals surface area contributed by atoms with Crippen LogP contribution in [0.25, 0.3) is 0 Å². The van der Waals surface area contributed by atoms with Crippen LogP contribution < -0.4 is 21.1 Å². The van der Waals surface area contributed by atoms with Crippen LogP contribution in [0.5, 0.6) is 5.75 Å². The molecule has 0 radical (unpaired) electrons. The number of carbonyl (C=O) groups excluding carboxylic acids is 2. The van der Waals surface area contributed by atoms with Gasteiger partial charge >= 0.3 is 12.1 Å². The topological polar surface area (TPSA) is 93.5 Å². The number of rotatable bonds is 1. The summed E-state index contributed by atoms with van der Waals surface area (Å²) < 4.78 is 5.74. The first-order valence-corrected chi connectivity index (χ1v) is 5.19. The van der Waals surface area contributed by atoms with Gasteiger partial charge in [0.15, 0.2) is 0 Å². The van der Waals surface area contributed by atoms with Crippen molar-refractivity contribution in [3.8, 4) is 5.75 Å².